The minimum atomic E-state index is -1.22. The van der Waals surface area contributed by atoms with E-state index < -0.39 is 31.4 Å². The fourth-order valence-electron chi connectivity index (χ4n) is 3.67. The van der Waals surface area contributed by atoms with Gasteiger partial charge < -0.3 is 35.1 Å². The van der Waals surface area contributed by atoms with Crippen molar-refractivity contribution in [2.45, 2.75) is 13.2 Å². The molecular formula is C20H19B2Cl2N2O8. The minimum Gasteiger partial charge on any atom is -0.480 e. The zero-order valence-electron chi connectivity index (χ0n) is 17.6. The van der Waals surface area contributed by atoms with Crippen LogP contribution in [0.15, 0.2) is 24.3 Å². The van der Waals surface area contributed by atoms with Gasteiger partial charge in [-0.05, 0) is 40.3 Å². The van der Waals surface area contributed by atoms with Crippen LogP contribution < -0.4 is 16.2 Å². The van der Waals surface area contributed by atoms with E-state index in [1.165, 1.54) is 25.7 Å². The number of amides is 2. The molecule has 0 unspecified atom stereocenters. The van der Waals surface area contributed by atoms with Gasteiger partial charge in [-0.2, -0.15) is 0 Å². The molecular weight excluding hydrogens is 489 g/mol. The van der Waals surface area contributed by atoms with Crippen molar-refractivity contribution < 1.29 is 39.3 Å². The highest BCUT2D eigenvalue weighted by Gasteiger charge is 2.31. The standard InChI is InChI=1S/C20H17B2Cl2N2O7.H2O/c23-16-5-10(3-14-12(16)8-32-21-14)19(29)25-1-2-26(7-18(27)28)20(30)11-4-15-13(17(24)6-11)9-33-22(15)31;/h3-6,31H,1-2,7-9H2,(H,25,29)(H,27,28);1H2. The molecule has 2 aliphatic heterocycles. The van der Waals surface area contributed by atoms with Crippen LogP contribution in [0.5, 0.6) is 0 Å². The number of carboxylic acids is 1. The average Bonchev–Trinajstić information content (AvgIpc) is 3.39. The first-order valence-corrected chi connectivity index (χ1v) is 10.7. The topological polar surface area (TPSA) is 157 Å². The first-order valence-electron chi connectivity index (χ1n) is 9.93. The number of hydrogen-bond donors (Lipinski definition) is 3. The van der Waals surface area contributed by atoms with Crippen LogP contribution in [-0.2, 0) is 27.3 Å². The van der Waals surface area contributed by atoms with Crippen LogP contribution in [-0.4, -0.2) is 72.5 Å². The Hall–Kier alpha value is -2.60. The van der Waals surface area contributed by atoms with Crippen molar-refractivity contribution in [2.75, 3.05) is 19.6 Å². The fourth-order valence-corrected chi connectivity index (χ4v) is 4.23. The second kappa shape index (κ2) is 10.8. The van der Waals surface area contributed by atoms with Gasteiger partial charge in [0.05, 0.1) is 13.2 Å². The lowest BCUT2D eigenvalue weighted by Gasteiger charge is -2.21. The molecule has 2 aromatic rings. The van der Waals surface area contributed by atoms with Gasteiger partial charge in [-0.15, -0.1) is 0 Å². The molecule has 5 N–H and O–H groups in total. The van der Waals surface area contributed by atoms with E-state index in [9.17, 15) is 24.5 Å². The molecule has 4 rings (SSSR count). The normalized spacial score (nSPS) is 13.4. The number of carbonyl (C=O) groups is 3. The molecule has 2 aliphatic rings. The number of aliphatic carboxylic acids is 1. The largest absolute Gasteiger partial charge is 0.491 e. The molecule has 0 aromatic heterocycles. The highest BCUT2D eigenvalue weighted by atomic mass is 35.5. The first kappa shape index (κ1) is 26.0. The van der Waals surface area contributed by atoms with Crippen LogP contribution in [0.1, 0.15) is 31.8 Å². The highest BCUT2D eigenvalue weighted by Crippen LogP contribution is 2.23. The molecule has 2 heterocycles. The molecule has 0 saturated heterocycles. The van der Waals surface area contributed by atoms with E-state index in [0.717, 1.165) is 15.9 Å². The van der Waals surface area contributed by atoms with Crippen molar-refractivity contribution in [3.63, 3.8) is 0 Å². The highest BCUT2D eigenvalue weighted by molar-refractivity contribution is 6.62. The summed E-state index contributed by atoms with van der Waals surface area (Å²) in [5.74, 6) is -2.25. The summed E-state index contributed by atoms with van der Waals surface area (Å²) in [6.07, 6.45) is 0. The molecule has 2 aromatic carbocycles. The summed E-state index contributed by atoms with van der Waals surface area (Å²) in [7, 11) is 0.314. The molecule has 14 heteroatoms. The van der Waals surface area contributed by atoms with Gasteiger partial charge in [0.1, 0.15) is 6.54 Å². The number of fused-ring (bicyclic) bond motifs is 2. The van der Waals surface area contributed by atoms with Crippen molar-refractivity contribution in [3.05, 3.63) is 56.6 Å². The van der Waals surface area contributed by atoms with Gasteiger partial charge in [-0.1, -0.05) is 29.3 Å². The van der Waals surface area contributed by atoms with Crippen LogP contribution >= 0.6 is 23.2 Å². The first-order chi connectivity index (χ1) is 15.7. The van der Waals surface area contributed by atoms with E-state index in [-0.39, 0.29) is 35.8 Å². The van der Waals surface area contributed by atoms with Crippen LogP contribution in [0.25, 0.3) is 0 Å². The van der Waals surface area contributed by atoms with Crippen LogP contribution in [0.3, 0.4) is 0 Å². The van der Waals surface area contributed by atoms with E-state index in [2.05, 4.69) is 5.32 Å². The van der Waals surface area contributed by atoms with Gasteiger partial charge in [-0.25, -0.2) is 0 Å². The Balaban J connectivity index is 0.00000324. The molecule has 0 saturated carbocycles. The number of carbonyl (C=O) groups excluding carboxylic acids is 2. The smallest absolute Gasteiger partial charge is 0.480 e. The Bertz CT molecular complexity index is 1150. The van der Waals surface area contributed by atoms with Gasteiger partial charge in [-0.3, -0.25) is 14.4 Å². The van der Waals surface area contributed by atoms with Crippen molar-refractivity contribution in [1.82, 2.24) is 10.2 Å². The quantitative estimate of drug-likeness (QED) is 0.410. The number of nitrogens with zero attached hydrogens (tertiary/aromatic N) is 1. The monoisotopic (exact) mass is 507 g/mol. The third-order valence-electron chi connectivity index (χ3n) is 5.34. The summed E-state index contributed by atoms with van der Waals surface area (Å²) in [5, 5.41) is 22.5. The molecule has 0 bridgehead atoms. The number of benzene rings is 2. The Morgan fingerprint density at radius 1 is 1.09 bits per heavy atom. The summed E-state index contributed by atoms with van der Waals surface area (Å²) in [5.41, 5.74) is 2.88. The summed E-state index contributed by atoms with van der Waals surface area (Å²) in [4.78, 5) is 37.9. The third-order valence-corrected chi connectivity index (χ3v) is 6.01. The number of hydrogen-bond acceptors (Lipinski definition) is 6. The van der Waals surface area contributed by atoms with E-state index in [1.807, 2.05) is 0 Å². The van der Waals surface area contributed by atoms with Crippen molar-refractivity contribution in [2.24, 2.45) is 0 Å². The van der Waals surface area contributed by atoms with Gasteiger partial charge >= 0.3 is 20.6 Å². The number of rotatable bonds is 7. The maximum absolute atomic E-state index is 13.0. The Morgan fingerprint density at radius 2 is 1.79 bits per heavy atom. The molecule has 2 amide bonds. The van der Waals surface area contributed by atoms with E-state index in [4.69, 9.17) is 32.5 Å². The molecule has 10 nitrogen and oxygen atoms in total. The minimum absolute atomic E-state index is 0. The van der Waals surface area contributed by atoms with Gasteiger partial charge in [0.2, 0.25) is 0 Å². The fraction of sp³-hybridized carbons (Fsp3) is 0.250. The zero-order chi connectivity index (χ0) is 23.7. The van der Waals surface area contributed by atoms with Crippen molar-refractivity contribution in [3.8, 4) is 0 Å². The molecule has 0 aliphatic carbocycles. The van der Waals surface area contributed by atoms with E-state index in [0.29, 0.717) is 28.2 Å². The maximum Gasteiger partial charge on any atom is 0.491 e. The summed E-state index contributed by atoms with van der Waals surface area (Å²) in [6, 6.07) is 6.00. The Kier molecular flexibility index (Phi) is 8.24. The predicted octanol–water partition coefficient (Wildman–Crippen LogP) is -0.882. The van der Waals surface area contributed by atoms with Gasteiger partial charge in [0.15, 0.2) is 0 Å². The lowest BCUT2D eigenvalue weighted by molar-refractivity contribution is -0.137. The third kappa shape index (κ3) is 5.38. The SMILES string of the molecule is O.O=C(O)CN(CCNC(=O)c1cc(Cl)c2c(c1)[B]OC2)C(=O)c1cc(Cl)c2c(c1)B(O)OC2. The average molecular weight is 508 g/mol. The zero-order valence-corrected chi connectivity index (χ0v) is 19.2. The van der Waals surface area contributed by atoms with Gasteiger partial charge in [0, 0.05) is 34.3 Å². The molecule has 34 heavy (non-hydrogen) atoms. The van der Waals surface area contributed by atoms with Crippen LogP contribution in [0.2, 0.25) is 10.0 Å². The lowest BCUT2D eigenvalue weighted by Crippen LogP contribution is -2.42. The second-order valence-corrected chi connectivity index (χ2v) is 8.33. The lowest BCUT2D eigenvalue weighted by atomic mass is 9.78. The second-order valence-electron chi connectivity index (χ2n) is 7.52. The number of nitrogens with one attached hydrogen (secondary N) is 1. The van der Waals surface area contributed by atoms with Crippen LogP contribution in [0.4, 0.5) is 0 Å². The molecule has 177 valence electrons. The van der Waals surface area contributed by atoms with Crippen LogP contribution in [0, 0.1) is 0 Å². The summed E-state index contributed by atoms with van der Waals surface area (Å²) < 4.78 is 10.3. The molecule has 1 radical (unpaired) electrons. The van der Waals surface area contributed by atoms with Gasteiger partial charge in [0.25, 0.3) is 11.8 Å². The predicted molar refractivity (Wildman–Crippen MR) is 125 cm³/mol. The molecule has 0 atom stereocenters. The molecule has 0 fully saturated rings. The summed E-state index contributed by atoms with van der Waals surface area (Å²) in [6.45, 7) is -0.196. The molecule has 0 spiro atoms. The van der Waals surface area contributed by atoms with E-state index >= 15 is 0 Å². The van der Waals surface area contributed by atoms with E-state index in [1.54, 1.807) is 6.07 Å². The van der Waals surface area contributed by atoms with Crippen molar-refractivity contribution in [1.29, 1.82) is 0 Å². The number of carboxylic acid groups (broad SMARTS) is 1. The summed E-state index contributed by atoms with van der Waals surface area (Å²) >= 11 is 12.4. The Labute approximate surface area is 205 Å². The Morgan fingerprint density at radius 3 is 2.53 bits per heavy atom. The van der Waals surface area contributed by atoms with Crippen molar-refractivity contribution >= 4 is 66.5 Å². The number of halogens is 2. The maximum atomic E-state index is 13.0.